The summed E-state index contributed by atoms with van der Waals surface area (Å²) < 4.78 is 39.2. The van der Waals surface area contributed by atoms with Gasteiger partial charge in [0.05, 0.1) is 26.1 Å². The van der Waals surface area contributed by atoms with Crippen molar-refractivity contribution in [2.45, 2.75) is 19.0 Å². The summed E-state index contributed by atoms with van der Waals surface area (Å²) in [6.45, 7) is -0.594. The number of carbonyl (C=O) groups is 1. The minimum absolute atomic E-state index is 0.128. The zero-order chi connectivity index (χ0) is 11.0. The number of ether oxygens (including phenoxy) is 1. The van der Waals surface area contributed by atoms with E-state index in [4.69, 9.17) is 0 Å². The van der Waals surface area contributed by atoms with E-state index in [9.17, 15) is 18.0 Å². The number of nitrogens with two attached hydrogens (primary N) is 1. The summed E-state index contributed by atoms with van der Waals surface area (Å²) in [6.07, 6.45) is -5.42. The van der Waals surface area contributed by atoms with Gasteiger partial charge in [-0.05, 0) is 0 Å². The average Bonchev–Trinajstić information content (AvgIpc) is 2.02. The predicted molar refractivity (Wildman–Crippen MR) is 39.5 cm³/mol. The maximum absolute atomic E-state index is 11.6. The molecule has 8 heteroatoms. The Balaban J connectivity index is 3.26. The highest BCUT2D eigenvalue weighted by atomic mass is 19.4. The topological polar surface area (TPSA) is 73.6 Å². The van der Waals surface area contributed by atoms with Crippen LogP contribution in [-0.4, -0.2) is 25.4 Å². The quantitative estimate of drug-likeness (QED) is 0.378. The van der Waals surface area contributed by atoms with Crippen molar-refractivity contribution in [2.75, 3.05) is 13.2 Å². The Morgan fingerprint density at radius 3 is 2.50 bits per heavy atom. The number of hydrogen-bond donors (Lipinski definition) is 2. The van der Waals surface area contributed by atoms with E-state index in [1.165, 1.54) is 0 Å². The van der Waals surface area contributed by atoms with E-state index in [0.29, 0.717) is 0 Å². The fourth-order valence-corrected chi connectivity index (χ4v) is 0.562. The molecule has 0 rings (SSSR count). The Bertz CT molecular complexity index is 174. The van der Waals surface area contributed by atoms with Crippen LogP contribution in [0.2, 0.25) is 0 Å². The minimum Gasteiger partial charge on any atom is -0.380 e. The van der Waals surface area contributed by atoms with E-state index in [-0.39, 0.29) is 13.0 Å². The number of halogens is 3. The number of alkyl halides is 3. The lowest BCUT2D eigenvalue weighted by Gasteiger charge is -2.06. The van der Waals surface area contributed by atoms with Gasteiger partial charge in [0, 0.05) is 0 Å². The van der Waals surface area contributed by atoms with Crippen molar-refractivity contribution in [2.24, 2.45) is 5.84 Å². The highest BCUT2D eigenvalue weighted by Crippen LogP contribution is 2.18. The van der Waals surface area contributed by atoms with Crippen LogP contribution in [0, 0.1) is 0 Å². The van der Waals surface area contributed by atoms with E-state index < -0.39 is 25.2 Å². The van der Waals surface area contributed by atoms with Crippen LogP contribution in [0.4, 0.5) is 13.2 Å². The van der Waals surface area contributed by atoms with Crippen molar-refractivity contribution >= 4 is 5.97 Å². The molecule has 0 aromatic rings. The van der Waals surface area contributed by atoms with Crippen molar-refractivity contribution in [1.82, 2.24) is 5.59 Å². The first-order chi connectivity index (χ1) is 6.45. The Morgan fingerprint density at radius 2 is 2.00 bits per heavy atom. The van der Waals surface area contributed by atoms with Gasteiger partial charge in [0.15, 0.2) is 0 Å². The second-order valence-electron chi connectivity index (χ2n) is 2.32. The summed E-state index contributed by atoms with van der Waals surface area (Å²) in [4.78, 5) is 14.6. The molecule has 0 spiro atoms. The molecule has 0 atom stereocenters. The highest BCUT2D eigenvalue weighted by molar-refractivity contribution is 5.69. The molecular formula is C6H11F3N2O3. The molecule has 0 saturated heterocycles. The van der Waals surface area contributed by atoms with Crippen molar-refractivity contribution in [3.05, 3.63) is 0 Å². The van der Waals surface area contributed by atoms with E-state index >= 15 is 0 Å². The molecular weight excluding hydrogens is 205 g/mol. The third-order valence-corrected chi connectivity index (χ3v) is 1.15. The first kappa shape index (κ1) is 13.1. The Labute approximate surface area is 78.3 Å². The van der Waals surface area contributed by atoms with Crippen molar-refractivity contribution in [1.29, 1.82) is 0 Å². The molecule has 0 unspecified atom stereocenters. The SMILES string of the molecule is NNOC(=O)CCOCCC(F)(F)F. The molecule has 0 amide bonds. The molecule has 0 heterocycles. The Morgan fingerprint density at radius 1 is 1.36 bits per heavy atom. The van der Waals surface area contributed by atoms with Crippen LogP contribution in [0.1, 0.15) is 12.8 Å². The van der Waals surface area contributed by atoms with Gasteiger partial charge in [-0.1, -0.05) is 5.59 Å². The third-order valence-electron chi connectivity index (χ3n) is 1.15. The van der Waals surface area contributed by atoms with Crippen LogP contribution in [0.15, 0.2) is 0 Å². The Hall–Kier alpha value is -0.860. The lowest BCUT2D eigenvalue weighted by molar-refractivity contribution is -0.154. The third kappa shape index (κ3) is 9.23. The fraction of sp³-hybridized carbons (Fsp3) is 0.833. The molecule has 0 aromatic carbocycles. The summed E-state index contributed by atoms with van der Waals surface area (Å²) in [5.41, 5.74) is 1.65. The summed E-state index contributed by atoms with van der Waals surface area (Å²) in [5, 5.41) is 0. The molecule has 0 saturated carbocycles. The lowest BCUT2D eigenvalue weighted by Crippen LogP contribution is -2.26. The van der Waals surface area contributed by atoms with Gasteiger partial charge in [-0.3, -0.25) is 4.79 Å². The van der Waals surface area contributed by atoms with Gasteiger partial charge >= 0.3 is 12.1 Å². The van der Waals surface area contributed by atoms with Crippen LogP contribution >= 0.6 is 0 Å². The molecule has 0 radical (unpaired) electrons. The maximum Gasteiger partial charge on any atom is 0.391 e. The molecule has 0 aliphatic rings. The number of nitrogens with one attached hydrogen (secondary N) is 1. The van der Waals surface area contributed by atoms with Crippen molar-refractivity contribution in [3.8, 4) is 0 Å². The molecule has 14 heavy (non-hydrogen) atoms. The number of carbonyl (C=O) groups excluding carboxylic acids is 1. The molecule has 84 valence electrons. The first-order valence-electron chi connectivity index (χ1n) is 3.75. The highest BCUT2D eigenvalue weighted by Gasteiger charge is 2.26. The van der Waals surface area contributed by atoms with Gasteiger partial charge in [0.25, 0.3) is 0 Å². The minimum atomic E-state index is -4.24. The van der Waals surface area contributed by atoms with Crippen LogP contribution in [0.3, 0.4) is 0 Å². The zero-order valence-corrected chi connectivity index (χ0v) is 7.26. The molecule has 0 aliphatic carbocycles. The first-order valence-corrected chi connectivity index (χ1v) is 3.75. The average molecular weight is 216 g/mol. The largest absolute Gasteiger partial charge is 0.391 e. The molecule has 0 bridgehead atoms. The fourth-order valence-electron chi connectivity index (χ4n) is 0.562. The monoisotopic (exact) mass is 216 g/mol. The Kier molecular flexibility index (Phi) is 6.17. The summed E-state index contributed by atoms with van der Waals surface area (Å²) in [5.74, 6) is 3.94. The van der Waals surface area contributed by atoms with Gasteiger partial charge in [0.2, 0.25) is 0 Å². The van der Waals surface area contributed by atoms with Crippen LogP contribution in [0.5, 0.6) is 0 Å². The van der Waals surface area contributed by atoms with E-state index in [1.807, 2.05) is 0 Å². The standard InChI is InChI=1S/C6H11F3N2O3/c7-6(8,9)2-4-13-3-1-5(12)14-11-10/h11H,1-4,10H2. The molecule has 5 nitrogen and oxygen atoms in total. The van der Waals surface area contributed by atoms with Gasteiger partial charge in [-0.15, -0.1) is 0 Å². The lowest BCUT2D eigenvalue weighted by atomic mass is 10.4. The van der Waals surface area contributed by atoms with Crippen LogP contribution in [0.25, 0.3) is 0 Å². The van der Waals surface area contributed by atoms with E-state index in [0.717, 1.165) is 0 Å². The summed E-state index contributed by atoms with van der Waals surface area (Å²) in [7, 11) is 0. The van der Waals surface area contributed by atoms with Gasteiger partial charge in [0.1, 0.15) is 0 Å². The summed E-state index contributed by atoms with van der Waals surface area (Å²) in [6, 6.07) is 0. The second kappa shape index (κ2) is 6.57. The zero-order valence-electron chi connectivity index (χ0n) is 7.26. The van der Waals surface area contributed by atoms with Gasteiger partial charge in [-0.25, -0.2) is 5.84 Å². The second-order valence-corrected chi connectivity index (χ2v) is 2.32. The van der Waals surface area contributed by atoms with Gasteiger partial charge < -0.3 is 9.57 Å². The van der Waals surface area contributed by atoms with Gasteiger partial charge in [-0.2, -0.15) is 13.2 Å². The number of rotatable bonds is 6. The van der Waals surface area contributed by atoms with Crippen molar-refractivity contribution < 1.29 is 27.5 Å². The predicted octanol–water partition coefficient (Wildman–Crippen LogP) is 0.267. The van der Waals surface area contributed by atoms with Crippen LogP contribution < -0.4 is 11.4 Å². The molecule has 3 N–H and O–H groups in total. The van der Waals surface area contributed by atoms with Crippen molar-refractivity contribution in [3.63, 3.8) is 0 Å². The van der Waals surface area contributed by atoms with Crippen LogP contribution in [-0.2, 0) is 14.4 Å². The number of hydrazine groups is 1. The molecule has 0 aliphatic heterocycles. The molecule has 0 aromatic heterocycles. The summed E-state index contributed by atoms with van der Waals surface area (Å²) >= 11 is 0. The normalized spacial score (nSPS) is 11.4. The molecule has 0 fully saturated rings. The van der Waals surface area contributed by atoms with E-state index in [2.05, 4.69) is 15.4 Å². The number of hydrogen-bond acceptors (Lipinski definition) is 5. The maximum atomic E-state index is 11.6. The smallest absolute Gasteiger partial charge is 0.380 e. The van der Waals surface area contributed by atoms with E-state index in [1.54, 1.807) is 5.59 Å².